The van der Waals surface area contributed by atoms with E-state index in [9.17, 15) is 23.2 Å². The molecule has 3 amide bonds. The number of rotatable bonds is 6. The lowest BCUT2D eigenvalue weighted by Crippen LogP contribution is -2.54. The summed E-state index contributed by atoms with van der Waals surface area (Å²) in [7, 11) is 0. The number of halogens is 2. The summed E-state index contributed by atoms with van der Waals surface area (Å²) in [6.45, 7) is 3.11. The molecule has 38 heavy (non-hydrogen) atoms. The molecule has 0 saturated heterocycles. The third-order valence-corrected chi connectivity index (χ3v) is 6.37. The predicted molar refractivity (Wildman–Crippen MR) is 140 cm³/mol. The molecule has 2 N–H and O–H groups in total. The van der Waals surface area contributed by atoms with Crippen LogP contribution in [0.4, 0.5) is 14.5 Å². The highest BCUT2D eigenvalue weighted by atomic mass is 19.1. The van der Waals surface area contributed by atoms with Crippen LogP contribution >= 0.6 is 0 Å². The van der Waals surface area contributed by atoms with E-state index in [0.717, 1.165) is 29.3 Å². The van der Waals surface area contributed by atoms with Crippen LogP contribution in [0.2, 0.25) is 0 Å². The van der Waals surface area contributed by atoms with Gasteiger partial charge in [-0.15, -0.1) is 0 Å². The molecule has 0 aromatic heterocycles. The molecule has 1 heterocycles. The van der Waals surface area contributed by atoms with Crippen LogP contribution in [0.3, 0.4) is 0 Å². The maximum atomic E-state index is 13.8. The molecule has 1 aliphatic rings. The summed E-state index contributed by atoms with van der Waals surface area (Å²) in [4.78, 5) is 40.9. The molecule has 4 rings (SSSR count). The quantitative estimate of drug-likeness (QED) is 0.490. The van der Waals surface area contributed by atoms with Crippen LogP contribution in [0.5, 0.6) is 0 Å². The maximum Gasteiger partial charge on any atom is 0.261 e. The minimum absolute atomic E-state index is 0.141. The van der Waals surface area contributed by atoms with Gasteiger partial charge in [0.25, 0.3) is 5.91 Å². The van der Waals surface area contributed by atoms with Crippen molar-refractivity contribution in [3.05, 3.63) is 101 Å². The standard InChI is InChI=1S/C30H27F2N3O3/c1-3-13-35-26-12-8-7-11-22(26)17-25(21-9-5-4-6-10-21)28(30(35)38)34-29(37)19(2)33-27(36)16-20-14-23(31)18-24(32)15-20/h4-12,14-15,18-19,25,28H,16-17H2,1-2H3,(H,33,36)(H,34,37)/t19-,25+,28-/m0/s1. The highest BCUT2D eigenvalue weighted by Crippen LogP contribution is 2.34. The van der Waals surface area contributed by atoms with E-state index in [0.29, 0.717) is 12.1 Å². The minimum atomic E-state index is -1.01. The molecule has 194 valence electrons. The Bertz CT molecular complexity index is 1390. The first kappa shape index (κ1) is 26.6. The Kier molecular flexibility index (Phi) is 8.17. The van der Waals surface area contributed by atoms with Gasteiger partial charge in [-0.25, -0.2) is 13.7 Å². The van der Waals surface area contributed by atoms with Crippen LogP contribution in [0.1, 0.15) is 36.5 Å². The molecule has 0 spiro atoms. The molecule has 1 aliphatic heterocycles. The van der Waals surface area contributed by atoms with Crippen molar-refractivity contribution in [3.63, 3.8) is 0 Å². The molecule has 8 heteroatoms. The monoisotopic (exact) mass is 515 g/mol. The van der Waals surface area contributed by atoms with Crippen molar-refractivity contribution in [2.75, 3.05) is 4.90 Å². The van der Waals surface area contributed by atoms with E-state index in [4.69, 9.17) is 0 Å². The molecule has 3 aromatic carbocycles. The Balaban J connectivity index is 1.57. The van der Waals surface area contributed by atoms with Gasteiger partial charge in [0.05, 0.1) is 12.1 Å². The lowest BCUT2D eigenvalue weighted by atomic mass is 9.86. The highest BCUT2D eigenvalue weighted by molar-refractivity contribution is 6.04. The number of carbonyl (C=O) groups excluding carboxylic acids is 3. The Morgan fingerprint density at radius 1 is 1.03 bits per heavy atom. The normalized spacial score (nSPS) is 17.4. The van der Waals surface area contributed by atoms with E-state index in [-0.39, 0.29) is 17.9 Å². The van der Waals surface area contributed by atoms with Crippen LogP contribution in [0.15, 0.2) is 72.8 Å². The van der Waals surface area contributed by atoms with Crippen LogP contribution in [0.25, 0.3) is 0 Å². The van der Waals surface area contributed by atoms with Crippen LogP contribution in [-0.4, -0.2) is 29.8 Å². The summed E-state index contributed by atoms with van der Waals surface area (Å²) < 4.78 is 27.0. The Hall–Kier alpha value is -4.51. The number of nitrogens with one attached hydrogen (secondary N) is 2. The van der Waals surface area contributed by atoms with Crippen molar-refractivity contribution in [1.29, 1.82) is 0 Å². The summed E-state index contributed by atoms with van der Waals surface area (Å²) in [6.07, 6.45) is 0.168. The van der Waals surface area contributed by atoms with E-state index >= 15 is 0 Å². The zero-order valence-corrected chi connectivity index (χ0v) is 21.0. The van der Waals surface area contributed by atoms with Crippen LogP contribution in [-0.2, 0) is 27.2 Å². The molecule has 0 radical (unpaired) electrons. The van der Waals surface area contributed by atoms with Gasteiger partial charge in [0, 0.05) is 18.0 Å². The molecule has 0 fully saturated rings. The smallest absolute Gasteiger partial charge is 0.261 e. The SMILES string of the molecule is CC#CN1C(=O)[C@@H](NC(=O)[C@H](C)NC(=O)Cc2cc(F)cc(F)c2)[C@@H](c2ccccc2)Cc2ccccc21. The largest absolute Gasteiger partial charge is 0.344 e. The Morgan fingerprint density at radius 3 is 2.37 bits per heavy atom. The second-order valence-electron chi connectivity index (χ2n) is 9.12. The first-order valence-electron chi connectivity index (χ1n) is 12.2. The van der Waals surface area contributed by atoms with E-state index in [2.05, 4.69) is 22.6 Å². The fourth-order valence-corrected chi connectivity index (χ4v) is 4.62. The van der Waals surface area contributed by atoms with Gasteiger partial charge in [-0.2, -0.15) is 0 Å². The van der Waals surface area contributed by atoms with Gasteiger partial charge in [0.2, 0.25) is 11.8 Å². The fourth-order valence-electron chi connectivity index (χ4n) is 4.62. The van der Waals surface area contributed by atoms with Gasteiger partial charge in [-0.1, -0.05) is 54.5 Å². The first-order chi connectivity index (χ1) is 18.3. The molecular formula is C30H27F2N3O3. The molecule has 0 aliphatic carbocycles. The van der Waals surface area contributed by atoms with Gasteiger partial charge in [-0.05, 0) is 55.2 Å². The minimum Gasteiger partial charge on any atom is -0.344 e. The number of benzene rings is 3. The van der Waals surface area contributed by atoms with Crippen molar-refractivity contribution in [2.45, 2.75) is 44.7 Å². The van der Waals surface area contributed by atoms with Crippen molar-refractivity contribution in [1.82, 2.24) is 10.6 Å². The second-order valence-corrected chi connectivity index (χ2v) is 9.12. The average Bonchev–Trinajstić information content (AvgIpc) is 2.99. The molecule has 3 atom stereocenters. The molecule has 0 bridgehead atoms. The number of anilines is 1. The average molecular weight is 516 g/mol. The van der Waals surface area contributed by atoms with E-state index < -0.39 is 41.5 Å². The van der Waals surface area contributed by atoms with Gasteiger partial charge < -0.3 is 10.6 Å². The summed E-state index contributed by atoms with van der Waals surface area (Å²) >= 11 is 0. The van der Waals surface area contributed by atoms with Crippen molar-refractivity contribution >= 4 is 23.4 Å². The van der Waals surface area contributed by atoms with Crippen LogP contribution < -0.4 is 15.5 Å². The zero-order valence-electron chi connectivity index (χ0n) is 21.0. The highest BCUT2D eigenvalue weighted by Gasteiger charge is 2.39. The molecular weight excluding hydrogens is 488 g/mol. The van der Waals surface area contributed by atoms with Gasteiger partial charge >= 0.3 is 0 Å². The Morgan fingerprint density at radius 2 is 1.68 bits per heavy atom. The zero-order chi connectivity index (χ0) is 27.2. The van der Waals surface area contributed by atoms with Gasteiger partial charge in [-0.3, -0.25) is 14.4 Å². The Labute approximate surface area is 220 Å². The predicted octanol–water partition coefficient (Wildman–Crippen LogP) is 3.85. The lowest BCUT2D eigenvalue weighted by molar-refractivity contribution is -0.131. The molecule has 6 nitrogen and oxygen atoms in total. The lowest BCUT2D eigenvalue weighted by Gasteiger charge is -2.28. The maximum absolute atomic E-state index is 13.8. The number of amides is 3. The number of hydrogen-bond donors (Lipinski definition) is 2. The van der Waals surface area contributed by atoms with Crippen molar-refractivity contribution < 1.29 is 23.2 Å². The number of carbonyl (C=O) groups is 3. The molecule has 3 aromatic rings. The van der Waals surface area contributed by atoms with Gasteiger partial charge in [0.1, 0.15) is 23.7 Å². The topological polar surface area (TPSA) is 78.5 Å². The summed E-state index contributed by atoms with van der Waals surface area (Å²) in [6, 6.07) is 20.6. The van der Waals surface area contributed by atoms with Crippen molar-refractivity contribution in [3.8, 4) is 12.0 Å². The van der Waals surface area contributed by atoms with Crippen LogP contribution in [0, 0.1) is 23.6 Å². The number of nitrogens with zero attached hydrogens (tertiary/aromatic N) is 1. The van der Waals surface area contributed by atoms with E-state index in [1.165, 1.54) is 11.8 Å². The third-order valence-electron chi connectivity index (χ3n) is 6.37. The van der Waals surface area contributed by atoms with Crippen molar-refractivity contribution in [2.24, 2.45) is 0 Å². The van der Waals surface area contributed by atoms with Gasteiger partial charge in [0.15, 0.2) is 0 Å². The number of hydrogen-bond acceptors (Lipinski definition) is 3. The van der Waals surface area contributed by atoms with E-state index in [1.807, 2.05) is 54.6 Å². The molecule has 0 unspecified atom stereocenters. The summed E-state index contributed by atoms with van der Waals surface area (Å²) in [5, 5.41) is 5.38. The second kappa shape index (κ2) is 11.7. The summed E-state index contributed by atoms with van der Waals surface area (Å²) in [5.74, 6) is -0.750. The number of fused-ring (bicyclic) bond motifs is 1. The third kappa shape index (κ3) is 6.06. The molecule has 0 saturated carbocycles. The first-order valence-corrected chi connectivity index (χ1v) is 12.2. The van der Waals surface area contributed by atoms with E-state index in [1.54, 1.807) is 6.92 Å². The summed E-state index contributed by atoms with van der Waals surface area (Å²) in [5.41, 5.74) is 2.59. The number of para-hydroxylation sites is 1. The fraction of sp³-hybridized carbons (Fsp3) is 0.233.